The Hall–Kier alpha value is -2.11. The number of carbonyl (C=O) groups is 2. The molecule has 2 fully saturated rings. The molecule has 1 N–H and O–H groups in total. The summed E-state index contributed by atoms with van der Waals surface area (Å²) >= 11 is 0. The Labute approximate surface area is 117 Å². The van der Waals surface area contributed by atoms with Crippen LogP contribution in [-0.4, -0.2) is 54.4 Å². The molecule has 1 aromatic rings. The van der Waals surface area contributed by atoms with Gasteiger partial charge in [0.25, 0.3) is 5.91 Å². The predicted octanol–water partition coefficient (Wildman–Crippen LogP) is 0.252. The Morgan fingerprint density at radius 1 is 1.25 bits per heavy atom. The molecule has 1 aromatic heterocycles. The van der Waals surface area contributed by atoms with Gasteiger partial charge >= 0.3 is 0 Å². The van der Waals surface area contributed by atoms with Crippen molar-refractivity contribution in [3.05, 3.63) is 24.0 Å². The van der Waals surface area contributed by atoms with Crippen molar-refractivity contribution in [2.24, 2.45) is 0 Å². The van der Waals surface area contributed by atoms with Crippen molar-refractivity contribution in [2.45, 2.75) is 18.9 Å². The fourth-order valence-corrected chi connectivity index (χ4v) is 2.28. The molecule has 6 heteroatoms. The van der Waals surface area contributed by atoms with Gasteiger partial charge in [-0.1, -0.05) is 0 Å². The molecule has 0 bridgehead atoms. The second-order valence-electron chi connectivity index (χ2n) is 5.28. The minimum absolute atomic E-state index is 0.0928. The van der Waals surface area contributed by atoms with Gasteiger partial charge in [-0.3, -0.25) is 9.59 Å². The van der Waals surface area contributed by atoms with E-state index in [9.17, 15) is 9.59 Å². The van der Waals surface area contributed by atoms with Gasteiger partial charge in [0, 0.05) is 32.2 Å². The van der Waals surface area contributed by atoms with Crippen molar-refractivity contribution in [1.82, 2.24) is 15.2 Å². The smallest absolute Gasteiger partial charge is 0.270 e. The second kappa shape index (κ2) is 5.48. The van der Waals surface area contributed by atoms with E-state index in [1.165, 1.54) is 0 Å². The Morgan fingerprint density at radius 3 is 2.55 bits per heavy atom. The molecule has 0 spiro atoms. The highest BCUT2D eigenvalue weighted by Crippen LogP contribution is 2.20. The number of aromatic nitrogens is 1. The summed E-state index contributed by atoms with van der Waals surface area (Å²) in [4.78, 5) is 30.7. The van der Waals surface area contributed by atoms with Gasteiger partial charge in [-0.25, -0.2) is 4.98 Å². The highest BCUT2D eigenvalue weighted by atomic mass is 16.2. The standard InChI is InChI=1S/C14H18N4O2/c19-10-17-5-7-18(8-6-17)12-3-4-13(15-9-12)14(20)16-11-1-2-11/h3-4,9-11H,1-2,5-8H2,(H,16,20). The summed E-state index contributed by atoms with van der Waals surface area (Å²) in [5, 5.41) is 2.92. The number of piperazine rings is 1. The van der Waals surface area contributed by atoms with Crippen LogP contribution in [0.15, 0.2) is 18.3 Å². The first-order valence-electron chi connectivity index (χ1n) is 6.97. The van der Waals surface area contributed by atoms with E-state index in [2.05, 4.69) is 15.2 Å². The number of hydrogen-bond acceptors (Lipinski definition) is 4. The number of hydrogen-bond donors (Lipinski definition) is 1. The molecule has 20 heavy (non-hydrogen) atoms. The van der Waals surface area contributed by atoms with Crippen LogP contribution >= 0.6 is 0 Å². The van der Waals surface area contributed by atoms with Crippen LogP contribution in [0.5, 0.6) is 0 Å². The third-order valence-corrected chi connectivity index (χ3v) is 3.72. The lowest BCUT2D eigenvalue weighted by Gasteiger charge is -2.33. The maximum atomic E-state index is 11.8. The van der Waals surface area contributed by atoms with E-state index in [0.29, 0.717) is 11.7 Å². The summed E-state index contributed by atoms with van der Waals surface area (Å²) < 4.78 is 0. The minimum Gasteiger partial charge on any atom is -0.367 e. The zero-order valence-corrected chi connectivity index (χ0v) is 11.3. The summed E-state index contributed by atoms with van der Waals surface area (Å²) in [7, 11) is 0. The summed E-state index contributed by atoms with van der Waals surface area (Å²) in [6.45, 7) is 3.06. The molecular formula is C14H18N4O2. The lowest BCUT2D eigenvalue weighted by Crippen LogP contribution is -2.45. The highest BCUT2D eigenvalue weighted by molar-refractivity contribution is 5.92. The van der Waals surface area contributed by atoms with E-state index in [1.54, 1.807) is 17.2 Å². The van der Waals surface area contributed by atoms with Gasteiger partial charge in [-0.15, -0.1) is 0 Å². The lowest BCUT2D eigenvalue weighted by atomic mass is 10.2. The fraction of sp³-hybridized carbons (Fsp3) is 0.500. The van der Waals surface area contributed by atoms with Gasteiger partial charge in [0.1, 0.15) is 5.69 Å². The lowest BCUT2D eigenvalue weighted by molar-refractivity contribution is -0.118. The molecule has 106 valence electrons. The molecule has 6 nitrogen and oxygen atoms in total. The van der Waals surface area contributed by atoms with Gasteiger partial charge in [-0.2, -0.15) is 0 Å². The number of carbonyl (C=O) groups excluding carboxylic acids is 2. The Morgan fingerprint density at radius 2 is 2.00 bits per heavy atom. The number of nitrogens with zero attached hydrogens (tertiary/aromatic N) is 3. The second-order valence-corrected chi connectivity index (χ2v) is 5.28. The zero-order valence-electron chi connectivity index (χ0n) is 11.3. The van der Waals surface area contributed by atoms with Crippen LogP contribution in [0.4, 0.5) is 5.69 Å². The molecule has 2 amide bonds. The molecule has 1 aliphatic carbocycles. The number of anilines is 1. The minimum atomic E-state index is -0.0928. The third-order valence-electron chi connectivity index (χ3n) is 3.72. The average Bonchev–Trinajstić information content (AvgIpc) is 3.31. The first-order chi connectivity index (χ1) is 9.76. The van der Waals surface area contributed by atoms with Crippen molar-refractivity contribution >= 4 is 18.0 Å². The number of rotatable bonds is 4. The predicted molar refractivity (Wildman–Crippen MR) is 74.6 cm³/mol. The highest BCUT2D eigenvalue weighted by Gasteiger charge is 2.24. The molecule has 0 atom stereocenters. The molecule has 2 aliphatic rings. The van der Waals surface area contributed by atoms with E-state index in [4.69, 9.17) is 0 Å². The van der Waals surface area contributed by atoms with Crippen LogP contribution in [0.1, 0.15) is 23.3 Å². The van der Waals surface area contributed by atoms with Crippen LogP contribution < -0.4 is 10.2 Å². The molecule has 0 radical (unpaired) electrons. The SMILES string of the molecule is O=CN1CCN(c2ccc(C(=O)NC3CC3)nc2)CC1. The van der Waals surface area contributed by atoms with Crippen LogP contribution in [0.3, 0.4) is 0 Å². The van der Waals surface area contributed by atoms with Crippen molar-refractivity contribution in [2.75, 3.05) is 31.1 Å². The van der Waals surface area contributed by atoms with E-state index < -0.39 is 0 Å². The fourth-order valence-electron chi connectivity index (χ4n) is 2.28. The Bertz CT molecular complexity index is 490. The molecule has 1 saturated heterocycles. The molecule has 0 unspecified atom stereocenters. The van der Waals surface area contributed by atoms with Crippen LogP contribution in [0.2, 0.25) is 0 Å². The van der Waals surface area contributed by atoms with Gasteiger partial charge in [-0.05, 0) is 25.0 Å². The van der Waals surface area contributed by atoms with Crippen molar-refractivity contribution < 1.29 is 9.59 Å². The van der Waals surface area contributed by atoms with Gasteiger partial charge < -0.3 is 15.1 Å². The van der Waals surface area contributed by atoms with Crippen molar-refractivity contribution in [3.8, 4) is 0 Å². The van der Waals surface area contributed by atoms with Crippen LogP contribution in [0, 0.1) is 0 Å². The molecular weight excluding hydrogens is 256 g/mol. The van der Waals surface area contributed by atoms with Crippen molar-refractivity contribution in [1.29, 1.82) is 0 Å². The topological polar surface area (TPSA) is 65.5 Å². The first kappa shape index (κ1) is 12.9. The molecule has 1 aliphatic heterocycles. The summed E-state index contributed by atoms with van der Waals surface area (Å²) in [5.74, 6) is -0.0928. The molecule has 0 aromatic carbocycles. The maximum Gasteiger partial charge on any atom is 0.270 e. The Kier molecular flexibility index (Phi) is 3.54. The summed E-state index contributed by atoms with van der Waals surface area (Å²) in [6, 6.07) is 4.03. The van der Waals surface area contributed by atoms with E-state index in [0.717, 1.165) is 51.1 Å². The van der Waals surface area contributed by atoms with Crippen molar-refractivity contribution in [3.63, 3.8) is 0 Å². The summed E-state index contributed by atoms with van der Waals surface area (Å²) in [6.07, 6.45) is 4.77. The molecule has 2 heterocycles. The number of nitrogens with one attached hydrogen (secondary N) is 1. The van der Waals surface area contributed by atoms with Crippen LogP contribution in [-0.2, 0) is 4.79 Å². The quantitative estimate of drug-likeness (QED) is 0.799. The summed E-state index contributed by atoms with van der Waals surface area (Å²) in [5.41, 5.74) is 1.46. The Balaban J connectivity index is 1.60. The monoisotopic (exact) mass is 274 g/mol. The van der Waals surface area contributed by atoms with Crippen LogP contribution in [0.25, 0.3) is 0 Å². The number of amides is 2. The third kappa shape index (κ3) is 2.89. The number of pyridine rings is 1. The van der Waals surface area contributed by atoms with Gasteiger partial charge in [0.05, 0.1) is 11.9 Å². The van der Waals surface area contributed by atoms with Gasteiger partial charge in [0.2, 0.25) is 6.41 Å². The largest absolute Gasteiger partial charge is 0.367 e. The zero-order chi connectivity index (χ0) is 13.9. The van der Waals surface area contributed by atoms with Gasteiger partial charge in [0.15, 0.2) is 0 Å². The normalized spacial score (nSPS) is 18.8. The van der Waals surface area contributed by atoms with E-state index in [-0.39, 0.29) is 5.91 Å². The first-order valence-corrected chi connectivity index (χ1v) is 6.97. The molecule has 1 saturated carbocycles. The van der Waals surface area contributed by atoms with E-state index in [1.807, 2.05) is 6.07 Å². The van der Waals surface area contributed by atoms with E-state index >= 15 is 0 Å². The maximum absolute atomic E-state index is 11.8. The average molecular weight is 274 g/mol. The molecule has 3 rings (SSSR count).